The SMILES string of the molecule is [2H]c1c([2H])c([2H])c(-c2c([2H])c([2H])c(N(c3ccc(-c4cccc5oc6c7ccccc7ccc6c45)cc3)c3c([2H])c([2H])c([2H])c4c([2H])c([2H])c([2H])c([2H])c34)c([2H])c2[2H])c([2H])c1[2H]. The quantitative estimate of drug-likeness (QED) is 0.195. The molecule has 0 aliphatic rings. The van der Waals surface area contributed by atoms with E-state index < -0.39 is 125 Å². The van der Waals surface area contributed by atoms with Gasteiger partial charge in [0.15, 0.2) is 0 Å². The second kappa shape index (κ2) is 10.8. The summed E-state index contributed by atoms with van der Waals surface area (Å²) in [7, 11) is 0. The summed E-state index contributed by atoms with van der Waals surface area (Å²) in [6.07, 6.45) is 0. The summed E-state index contributed by atoms with van der Waals surface area (Å²) in [5, 5.41) is 2.81. The van der Waals surface area contributed by atoms with Crippen LogP contribution < -0.4 is 4.90 Å². The van der Waals surface area contributed by atoms with E-state index in [2.05, 4.69) is 0 Å². The van der Waals surface area contributed by atoms with Crippen molar-refractivity contribution >= 4 is 60.5 Å². The molecule has 46 heavy (non-hydrogen) atoms. The van der Waals surface area contributed by atoms with Crippen LogP contribution in [0.5, 0.6) is 0 Å². The highest BCUT2D eigenvalue weighted by Gasteiger charge is 2.18. The minimum Gasteiger partial charge on any atom is -0.455 e. The first-order chi connectivity index (χ1) is 29.5. The van der Waals surface area contributed by atoms with Crippen molar-refractivity contribution in [2.75, 3.05) is 4.90 Å². The molecule has 9 aromatic rings. The normalized spacial score (nSPS) is 16.3. The molecule has 0 spiro atoms. The first kappa shape index (κ1) is 14.8. The van der Waals surface area contributed by atoms with Gasteiger partial charge in [0.25, 0.3) is 0 Å². The number of hydrogen-bond acceptors (Lipinski definition) is 2. The zero-order chi connectivity index (χ0) is 44.4. The second-order valence-electron chi connectivity index (χ2n) is 10.5. The van der Waals surface area contributed by atoms with Gasteiger partial charge >= 0.3 is 0 Å². The van der Waals surface area contributed by atoms with E-state index in [0.29, 0.717) is 16.7 Å². The Kier molecular flexibility index (Phi) is 3.47. The van der Waals surface area contributed by atoms with Crippen LogP contribution in [0.25, 0.3) is 65.7 Å². The van der Waals surface area contributed by atoms with Crippen LogP contribution in [0.4, 0.5) is 17.1 Å². The van der Waals surface area contributed by atoms with Crippen molar-refractivity contribution in [3.63, 3.8) is 0 Å². The van der Waals surface area contributed by atoms with E-state index in [4.69, 9.17) is 19.5 Å². The van der Waals surface area contributed by atoms with Gasteiger partial charge in [-0.3, -0.25) is 0 Å². The molecule has 0 N–H and O–H groups in total. The van der Waals surface area contributed by atoms with Crippen molar-refractivity contribution in [2.45, 2.75) is 0 Å². The van der Waals surface area contributed by atoms with Crippen molar-refractivity contribution in [1.82, 2.24) is 0 Å². The van der Waals surface area contributed by atoms with Crippen LogP contribution >= 0.6 is 0 Å². The van der Waals surface area contributed by atoms with E-state index in [1.807, 2.05) is 54.6 Å². The molecule has 0 saturated carbocycles. The van der Waals surface area contributed by atoms with E-state index in [1.165, 1.54) is 0 Å². The van der Waals surface area contributed by atoms with E-state index in [0.717, 1.165) is 32.0 Å². The summed E-state index contributed by atoms with van der Waals surface area (Å²) >= 11 is 0. The van der Waals surface area contributed by atoms with Crippen LogP contribution in [0.2, 0.25) is 0 Å². The summed E-state index contributed by atoms with van der Waals surface area (Å²) in [6, 6.07) is 12.1. The van der Waals surface area contributed by atoms with E-state index in [-0.39, 0.29) is 11.1 Å². The molecular weight excluding hydrogens is 558 g/mol. The molecule has 0 unspecified atom stereocenters. The summed E-state index contributed by atoms with van der Waals surface area (Å²) in [5.41, 5.74) is 0.695. The fourth-order valence-electron chi connectivity index (χ4n) is 5.84. The molecule has 0 aliphatic heterocycles. The molecule has 0 radical (unpaired) electrons. The molecule has 0 saturated heterocycles. The summed E-state index contributed by atoms with van der Waals surface area (Å²) in [5.74, 6) is 0. The third kappa shape index (κ3) is 4.35. The Bertz CT molecular complexity index is 3370. The lowest BCUT2D eigenvalue weighted by molar-refractivity contribution is 0.673. The Morgan fingerprint density at radius 3 is 2.09 bits per heavy atom. The first-order valence-corrected chi connectivity index (χ1v) is 14.4. The van der Waals surface area contributed by atoms with Gasteiger partial charge in [0, 0.05) is 32.9 Å². The van der Waals surface area contributed by atoms with Crippen LogP contribution in [0, 0.1) is 0 Å². The standard InChI is InChI=1S/C44H29NO/c1-2-10-30(11-3-1)31-20-25-35(26-21-31)45(41-18-8-14-32-12-4-6-15-37(32)41)36-27-22-34(23-28-36)38-17-9-19-42-43(38)40-29-24-33-13-5-7-16-39(33)44(40)46-42/h1-29H/i1D,2D,3D,4D,6D,8D,10D,11D,12D,14D,15D,18D,20D,21D,25D,26D. The number of nitrogens with zero attached hydrogens (tertiary/aromatic N) is 1. The lowest BCUT2D eigenvalue weighted by Gasteiger charge is -2.27. The monoisotopic (exact) mass is 603 g/mol. The van der Waals surface area contributed by atoms with Crippen LogP contribution in [-0.4, -0.2) is 0 Å². The lowest BCUT2D eigenvalue weighted by atomic mass is 9.97. The van der Waals surface area contributed by atoms with E-state index >= 15 is 0 Å². The van der Waals surface area contributed by atoms with Crippen molar-refractivity contribution in [2.24, 2.45) is 0 Å². The van der Waals surface area contributed by atoms with Crippen molar-refractivity contribution in [3.8, 4) is 22.3 Å². The minimum atomic E-state index is -0.812. The first-order valence-electron chi connectivity index (χ1n) is 22.4. The Morgan fingerprint density at radius 2 is 1.22 bits per heavy atom. The number of furan rings is 1. The van der Waals surface area contributed by atoms with Crippen molar-refractivity contribution in [1.29, 1.82) is 0 Å². The Labute approximate surface area is 289 Å². The van der Waals surface area contributed by atoms with Gasteiger partial charge in [-0.05, 0) is 75.4 Å². The molecule has 0 amide bonds. The molecule has 0 fully saturated rings. The highest BCUT2D eigenvalue weighted by atomic mass is 16.3. The smallest absolute Gasteiger partial charge is 0.143 e. The van der Waals surface area contributed by atoms with Crippen molar-refractivity contribution < 1.29 is 26.3 Å². The van der Waals surface area contributed by atoms with Crippen LogP contribution in [0.15, 0.2) is 180 Å². The summed E-state index contributed by atoms with van der Waals surface area (Å²) in [4.78, 5) is 1.08. The van der Waals surface area contributed by atoms with Gasteiger partial charge in [0.1, 0.15) is 11.2 Å². The van der Waals surface area contributed by atoms with Gasteiger partial charge < -0.3 is 9.32 Å². The predicted molar refractivity (Wildman–Crippen MR) is 194 cm³/mol. The average molecular weight is 604 g/mol. The molecule has 9 rings (SSSR count). The summed E-state index contributed by atoms with van der Waals surface area (Å²) < 4.78 is 146. The highest BCUT2D eigenvalue weighted by Crippen LogP contribution is 2.42. The number of anilines is 3. The van der Waals surface area contributed by atoms with Gasteiger partial charge in [-0.1, -0.05) is 133 Å². The lowest BCUT2D eigenvalue weighted by Crippen LogP contribution is -2.10. The van der Waals surface area contributed by atoms with Crippen LogP contribution in [0.1, 0.15) is 21.9 Å². The number of fused-ring (bicyclic) bond motifs is 6. The maximum atomic E-state index is 9.38. The molecule has 0 atom stereocenters. The molecule has 8 aromatic carbocycles. The molecule has 216 valence electrons. The number of hydrogen-bond donors (Lipinski definition) is 0. The molecule has 0 bridgehead atoms. The molecule has 2 nitrogen and oxygen atoms in total. The predicted octanol–water partition coefficient (Wildman–Crippen LogP) is 12.7. The average Bonchev–Trinajstić information content (AvgIpc) is 3.67. The van der Waals surface area contributed by atoms with Crippen molar-refractivity contribution in [3.05, 3.63) is 176 Å². The topological polar surface area (TPSA) is 16.4 Å². The highest BCUT2D eigenvalue weighted by molar-refractivity contribution is 6.19. The van der Waals surface area contributed by atoms with Crippen LogP contribution in [-0.2, 0) is 0 Å². The van der Waals surface area contributed by atoms with Gasteiger partial charge in [0.05, 0.1) is 27.6 Å². The third-order valence-corrected chi connectivity index (χ3v) is 7.93. The fraction of sp³-hybridized carbons (Fsp3) is 0. The number of benzene rings is 8. The van der Waals surface area contributed by atoms with E-state index in [1.54, 1.807) is 24.3 Å². The fourth-order valence-corrected chi connectivity index (χ4v) is 5.84. The van der Waals surface area contributed by atoms with Gasteiger partial charge in [0.2, 0.25) is 0 Å². The minimum absolute atomic E-state index is 0.0691. The van der Waals surface area contributed by atoms with Gasteiger partial charge in [-0.15, -0.1) is 0 Å². The Balaban J connectivity index is 1.35. The third-order valence-electron chi connectivity index (χ3n) is 7.93. The largest absolute Gasteiger partial charge is 0.455 e. The van der Waals surface area contributed by atoms with Crippen LogP contribution in [0.3, 0.4) is 0 Å². The maximum absolute atomic E-state index is 9.38. The second-order valence-corrected chi connectivity index (χ2v) is 10.5. The molecular formula is C44H29NO. The van der Waals surface area contributed by atoms with Gasteiger partial charge in [-0.25, -0.2) is 0 Å². The number of rotatable bonds is 5. The summed E-state index contributed by atoms with van der Waals surface area (Å²) in [6.45, 7) is 0. The Morgan fingerprint density at radius 1 is 0.457 bits per heavy atom. The molecule has 0 aliphatic carbocycles. The maximum Gasteiger partial charge on any atom is 0.143 e. The zero-order valence-electron chi connectivity index (χ0n) is 39.9. The van der Waals surface area contributed by atoms with Gasteiger partial charge in [-0.2, -0.15) is 0 Å². The zero-order valence-corrected chi connectivity index (χ0v) is 23.9. The molecule has 2 heteroatoms. The molecule has 1 heterocycles. The van der Waals surface area contributed by atoms with E-state index in [9.17, 15) is 6.85 Å². The molecule has 1 aromatic heterocycles. The Hall–Kier alpha value is -6.12.